The summed E-state index contributed by atoms with van der Waals surface area (Å²) in [5.41, 5.74) is 8.19. The molecule has 0 fully saturated rings. The summed E-state index contributed by atoms with van der Waals surface area (Å²) in [4.78, 5) is 0. The van der Waals surface area contributed by atoms with Gasteiger partial charge in [0, 0.05) is 6.54 Å². The third-order valence-corrected chi connectivity index (χ3v) is 2.51. The summed E-state index contributed by atoms with van der Waals surface area (Å²) >= 11 is 0. The molecule has 0 aromatic heterocycles. The van der Waals surface area contributed by atoms with Gasteiger partial charge in [0.1, 0.15) is 0 Å². The van der Waals surface area contributed by atoms with E-state index >= 15 is 0 Å². The number of hydrogen-bond donors (Lipinski definition) is 1. The Morgan fingerprint density at radius 3 is 2.14 bits per heavy atom. The summed E-state index contributed by atoms with van der Waals surface area (Å²) in [6.07, 6.45) is 3.81. The first-order valence-corrected chi connectivity index (χ1v) is 5.50. The third-order valence-electron chi connectivity index (χ3n) is 2.51. The Labute approximate surface area is 87.3 Å². The number of aryl methyl sites for hydroxylation is 1. The summed E-state index contributed by atoms with van der Waals surface area (Å²) < 4.78 is 0. The zero-order valence-corrected chi connectivity index (χ0v) is 9.29. The van der Waals surface area contributed by atoms with Crippen molar-refractivity contribution >= 4 is 0 Å². The molecular formula is C13H21N. The zero-order valence-electron chi connectivity index (χ0n) is 9.29. The molecule has 2 N–H and O–H groups in total. The Hall–Kier alpha value is -0.820. The SMILES string of the molecule is CC(C)CCCc1ccc(CN)cc1. The van der Waals surface area contributed by atoms with E-state index in [1.54, 1.807) is 0 Å². The van der Waals surface area contributed by atoms with Crippen LogP contribution >= 0.6 is 0 Å². The predicted octanol–water partition coefficient (Wildman–Crippen LogP) is 3.12. The molecule has 1 nitrogen and oxygen atoms in total. The maximum atomic E-state index is 5.54. The predicted molar refractivity (Wildman–Crippen MR) is 62.1 cm³/mol. The van der Waals surface area contributed by atoms with E-state index in [-0.39, 0.29) is 0 Å². The van der Waals surface area contributed by atoms with Gasteiger partial charge in [0.25, 0.3) is 0 Å². The lowest BCUT2D eigenvalue weighted by Gasteiger charge is -2.05. The fraction of sp³-hybridized carbons (Fsp3) is 0.538. The average Bonchev–Trinajstić information content (AvgIpc) is 2.18. The maximum Gasteiger partial charge on any atom is 0.0178 e. The molecule has 0 saturated heterocycles. The molecule has 0 bridgehead atoms. The number of rotatable bonds is 5. The van der Waals surface area contributed by atoms with Crippen LogP contribution in [-0.2, 0) is 13.0 Å². The molecule has 1 aromatic rings. The van der Waals surface area contributed by atoms with Gasteiger partial charge in [-0.2, -0.15) is 0 Å². The highest BCUT2D eigenvalue weighted by atomic mass is 14.5. The highest BCUT2D eigenvalue weighted by Crippen LogP contribution is 2.10. The van der Waals surface area contributed by atoms with E-state index in [4.69, 9.17) is 5.73 Å². The quantitative estimate of drug-likeness (QED) is 0.760. The van der Waals surface area contributed by atoms with Crippen molar-refractivity contribution in [2.75, 3.05) is 0 Å². The smallest absolute Gasteiger partial charge is 0.0178 e. The maximum absolute atomic E-state index is 5.54. The van der Waals surface area contributed by atoms with Crippen LogP contribution in [0.15, 0.2) is 24.3 Å². The van der Waals surface area contributed by atoms with E-state index in [1.165, 1.54) is 30.4 Å². The minimum absolute atomic E-state index is 0.645. The van der Waals surface area contributed by atoms with Crippen molar-refractivity contribution in [2.24, 2.45) is 11.7 Å². The van der Waals surface area contributed by atoms with Crippen LogP contribution in [0.25, 0.3) is 0 Å². The monoisotopic (exact) mass is 191 g/mol. The van der Waals surface area contributed by atoms with Gasteiger partial charge in [0.05, 0.1) is 0 Å². The van der Waals surface area contributed by atoms with Gasteiger partial charge in [-0.3, -0.25) is 0 Å². The van der Waals surface area contributed by atoms with E-state index in [0.29, 0.717) is 6.54 Å². The van der Waals surface area contributed by atoms with Crippen LogP contribution in [0.3, 0.4) is 0 Å². The largest absolute Gasteiger partial charge is 0.326 e. The van der Waals surface area contributed by atoms with Gasteiger partial charge < -0.3 is 5.73 Å². The van der Waals surface area contributed by atoms with Crippen molar-refractivity contribution in [1.29, 1.82) is 0 Å². The van der Waals surface area contributed by atoms with Gasteiger partial charge >= 0.3 is 0 Å². The zero-order chi connectivity index (χ0) is 10.4. The van der Waals surface area contributed by atoms with Crippen molar-refractivity contribution < 1.29 is 0 Å². The van der Waals surface area contributed by atoms with E-state index in [1.807, 2.05) is 0 Å². The molecule has 78 valence electrons. The van der Waals surface area contributed by atoms with Crippen LogP contribution in [0.2, 0.25) is 0 Å². The van der Waals surface area contributed by atoms with Crippen molar-refractivity contribution in [1.82, 2.24) is 0 Å². The van der Waals surface area contributed by atoms with Gasteiger partial charge in [-0.25, -0.2) is 0 Å². The molecule has 0 saturated carbocycles. The number of hydrogen-bond acceptors (Lipinski definition) is 1. The topological polar surface area (TPSA) is 26.0 Å². The highest BCUT2D eigenvalue weighted by molar-refractivity contribution is 5.22. The Bertz CT molecular complexity index is 248. The Balaban J connectivity index is 2.36. The molecule has 0 heterocycles. The first-order valence-electron chi connectivity index (χ1n) is 5.50. The molecule has 0 aliphatic carbocycles. The normalized spacial score (nSPS) is 10.9. The van der Waals surface area contributed by atoms with Crippen LogP contribution in [0.4, 0.5) is 0 Å². The van der Waals surface area contributed by atoms with E-state index in [0.717, 1.165) is 5.92 Å². The van der Waals surface area contributed by atoms with Crippen LogP contribution < -0.4 is 5.73 Å². The van der Waals surface area contributed by atoms with Crippen molar-refractivity contribution in [3.63, 3.8) is 0 Å². The lowest BCUT2D eigenvalue weighted by Crippen LogP contribution is -1.96. The van der Waals surface area contributed by atoms with Crippen molar-refractivity contribution in [3.8, 4) is 0 Å². The second kappa shape index (κ2) is 5.82. The molecule has 0 radical (unpaired) electrons. The van der Waals surface area contributed by atoms with Crippen LogP contribution in [0, 0.1) is 5.92 Å². The molecule has 0 atom stereocenters. The van der Waals surface area contributed by atoms with Gasteiger partial charge in [-0.1, -0.05) is 44.5 Å². The van der Waals surface area contributed by atoms with Crippen LogP contribution in [-0.4, -0.2) is 0 Å². The van der Waals surface area contributed by atoms with Gasteiger partial charge in [-0.05, 0) is 29.9 Å². The van der Waals surface area contributed by atoms with Crippen molar-refractivity contribution in [3.05, 3.63) is 35.4 Å². The van der Waals surface area contributed by atoms with Gasteiger partial charge in [-0.15, -0.1) is 0 Å². The lowest BCUT2D eigenvalue weighted by molar-refractivity contribution is 0.556. The number of benzene rings is 1. The minimum atomic E-state index is 0.645. The van der Waals surface area contributed by atoms with Crippen molar-refractivity contribution in [2.45, 2.75) is 39.7 Å². The standard InChI is InChI=1S/C13H21N/c1-11(2)4-3-5-12-6-8-13(10-14)9-7-12/h6-9,11H,3-5,10,14H2,1-2H3. The summed E-state index contributed by atoms with van der Waals surface area (Å²) in [5.74, 6) is 0.818. The van der Waals surface area contributed by atoms with E-state index in [2.05, 4.69) is 38.1 Å². The lowest BCUT2D eigenvalue weighted by atomic mass is 10.0. The molecule has 0 amide bonds. The van der Waals surface area contributed by atoms with E-state index < -0.39 is 0 Å². The minimum Gasteiger partial charge on any atom is -0.326 e. The fourth-order valence-electron chi connectivity index (χ4n) is 1.56. The molecular weight excluding hydrogens is 170 g/mol. The molecule has 1 aromatic carbocycles. The Kier molecular flexibility index (Phi) is 4.68. The second-order valence-corrected chi connectivity index (χ2v) is 4.31. The fourth-order valence-corrected chi connectivity index (χ4v) is 1.56. The summed E-state index contributed by atoms with van der Waals surface area (Å²) in [6, 6.07) is 8.65. The second-order valence-electron chi connectivity index (χ2n) is 4.31. The van der Waals surface area contributed by atoms with Crippen LogP contribution in [0.5, 0.6) is 0 Å². The van der Waals surface area contributed by atoms with E-state index in [9.17, 15) is 0 Å². The molecule has 1 heteroatoms. The first kappa shape index (κ1) is 11.3. The first-order chi connectivity index (χ1) is 6.72. The highest BCUT2D eigenvalue weighted by Gasteiger charge is 1.96. The van der Waals surface area contributed by atoms with Gasteiger partial charge in [0.15, 0.2) is 0 Å². The molecule has 0 unspecified atom stereocenters. The molecule has 1 rings (SSSR count). The average molecular weight is 191 g/mol. The molecule has 0 aliphatic rings. The van der Waals surface area contributed by atoms with Crippen LogP contribution in [0.1, 0.15) is 37.8 Å². The summed E-state index contributed by atoms with van der Waals surface area (Å²) in [7, 11) is 0. The Morgan fingerprint density at radius 1 is 1.07 bits per heavy atom. The Morgan fingerprint density at radius 2 is 1.64 bits per heavy atom. The molecule has 0 aliphatic heterocycles. The molecule has 0 spiro atoms. The summed E-state index contributed by atoms with van der Waals surface area (Å²) in [6.45, 7) is 5.20. The molecule has 14 heavy (non-hydrogen) atoms. The number of nitrogens with two attached hydrogens (primary N) is 1. The van der Waals surface area contributed by atoms with Gasteiger partial charge in [0.2, 0.25) is 0 Å². The summed E-state index contributed by atoms with van der Waals surface area (Å²) in [5, 5.41) is 0. The third kappa shape index (κ3) is 3.93.